The first-order valence-electron chi connectivity index (χ1n) is 16.4. The molecule has 0 spiro atoms. The third-order valence-electron chi connectivity index (χ3n) is 9.82. The molecule has 48 heavy (non-hydrogen) atoms. The molecular weight excluding hydrogens is 599 g/mol. The van der Waals surface area contributed by atoms with Crippen LogP contribution in [0.3, 0.4) is 0 Å². The van der Waals surface area contributed by atoms with Crippen molar-refractivity contribution in [2.45, 2.75) is 0 Å². The Morgan fingerprint density at radius 2 is 0.938 bits per heavy atom. The highest BCUT2D eigenvalue weighted by Crippen LogP contribution is 2.50. The van der Waals surface area contributed by atoms with E-state index in [0.717, 1.165) is 5.69 Å². The summed E-state index contributed by atoms with van der Waals surface area (Å²) >= 11 is 1.90. The molecule has 224 valence electrons. The maximum atomic E-state index is 2.50. The van der Waals surface area contributed by atoms with Gasteiger partial charge in [0.05, 0.1) is 11.4 Å². The molecule has 10 aromatic rings. The van der Waals surface area contributed by atoms with Crippen LogP contribution in [0.5, 0.6) is 0 Å². The quantitative estimate of drug-likeness (QED) is 0.176. The van der Waals surface area contributed by atoms with E-state index in [9.17, 15) is 0 Å². The molecule has 0 N–H and O–H groups in total. The predicted octanol–water partition coefficient (Wildman–Crippen LogP) is 13.8. The second-order valence-corrected chi connectivity index (χ2v) is 13.5. The Labute approximate surface area is 282 Å². The first-order valence-corrected chi connectivity index (χ1v) is 17.3. The lowest BCUT2D eigenvalue weighted by molar-refractivity contribution is 1.32. The fourth-order valence-electron chi connectivity index (χ4n) is 7.61. The smallest absolute Gasteiger partial charge is 0.0555 e. The first-order chi connectivity index (χ1) is 23.8. The maximum Gasteiger partial charge on any atom is 0.0555 e. The van der Waals surface area contributed by atoms with E-state index in [1.807, 2.05) is 11.3 Å². The Balaban J connectivity index is 1.32. The number of thiophene rings is 1. The summed E-state index contributed by atoms with van der Waals surface area (Å²) in [5, 5.41) is 12.6. The van der Waals surface area contributed by atoms with Gasteiger partial charge in [0.25, 0.3) is 0 Å². The number of fused-ring (bicyclic) bond motifs is 8. The van der Waals surface area contributed by atoms with E-state index >= 15 is 0 Å². The van der Waals surface area contributed by atoms with Crippen molar-refractivity contribution in [1.82, 2.24) is 0 Å². The fraction of sp³-hybridized carbons (Fsp3) is 0. The normalized spacial score (nSPS) is 11.8. The van der Waals surface area contributed by atoms with E-state index in [2.05, 4.69) is 181 Å². The van der Waals surface area contributed by atoms with Crippen molar-refractivity contribution in [1.29, 1.82) is 0 Å². The minimum atomic E-state index is 1.14. The lowest BCUT2D eigenvalue weighted by atomic mass is 9.95. The zero-order chi connectivity index (χ0) is 31.6. The molecule has 1 aromatic heterocycles. The van der Waals surface area contributed by atoms with Crippen LogP contribution in [0, 0.1) is 0 Å². The van der Waals surface area contributed by atoms with Gasteiger partial charge in [-0.25, -0.2) is 0 Å². The second kappa shape index (κ2) is 10.8. The van der Waals surface area contributed by atoms with Crippen LogP contribution < -0.4 is 4.90 Å². The Bertz CT molecular complexity index is 2850. The average molecular weight is 628 g/mol. The molecule has 9 aromatic carbocycles. The molecule has 0 unspecified atom stereocenters. The molecule has 0 saturated heterocycles. The van der Waals surface area contributed by atoms with Gasteiger partial charge in [0.2, 0.25) is 0 Å². The van der Waals surface area contributed by atoms with E-state index < -0.39 is 0 Å². The lowest BCUT2D eigenvalue weighted by Crippen LogP contribution is -2.11. The van der Waals surface area contributed by atoms with Gasteiger partial charge in [-0.3, -0.25) is 0 Å². The molecule has 2 heteroatoms. The van der Waals surface area contributed by atoms with Gasteiger partial charge >= 0.3 is 0 Å². The molecule has 0 fully saturated rings. The van der Waals surface area contributed by atoms with Gasteiger partial charge < -0.3 is 4.90 Å². The zero-order valence-electron chi connectivity index (χ0n) is 26.1. The van der Waals surface area contributed by atoms with Crippen molar-refractivity contribution in [3.05, 3.63) is 176 Å². The van der Waals surface area contributed by atoms with Crippen molar-refractivity contribution >= 4 is 91.7 Å². The Morgan fingerprint density at radius 3 is 1.75 bits per heavy atom. The highest BCUT2D eigenvalue weighted by atomic mass is 32.1. The Hall–Kier alpha value is -5.96. The minimum absolute atomic E-state index is 1.14. The molecule has 0 bridgehead atoms. The topological polar surface area (TPSA) is 3.24 Å². The van der Waals surface area contributed by atoms with Gasteiger partial charge in [-0.1, -0.05) is 146 Å². The number of nitrogens with zero attached hydrogens (tertiary/aromatic N) is 1. The maximum absolute atomic E-state index is 2.50. The molecule has 1 nitrogen and oxygen atoms in total. The zero-order valence-corrected chi connectivity index (χ0v) is 26.9. The lowest BCUT2D eigenvalue weighted by Gasteiger charge is -2.28. The summed E-state index contributed by atoms with van der Waals surface area (Å²) in [6.07, 6.45) is 0. The minimum Gasteiger partial charge on any atom is -0.309 e. The molecule has 10 rings (SSSR count). The van der Waals surface area contributed by atoms with Crippen molar-refractivity contribution in [2.75, 3.05) is 4.90 Å². The standard InChI is InChI=1S/C46H29NS/c1-4-16-35-30(11-1)14-9-20-38(35)39-27-28-43(45-40-19-7-8-22-44(40)48-46(39)45)47(42-21-10-15-31-12-3-6-18-37(31)42)34-26-25-33-24-23-32-13-2-5-17-36(32)41(33)29-34/h1-29H. The molecule has 0 amide bonds. The second-order valence-electron chi connectivity index (χ2n) is 12.5. The number of benzene rings is 9. The largest absolute Gasteiger partial charge is 0.309 e. The third-order valence-corrected chi connectivity index (χ3v) is 11.0. The van der Waals surface area contributed by atoms with Gasteiger partial charge in [0.1, 0.15) is 0 Å². The summed E-state index contributed by atoms with van der Waals surface area (Å²) in [7, 11) is 0. The van der Waals surface area contributed by atoms with Crippen molar-refractivity contribution in [3.8, 4) is 11.1 Å². The highest BCUT2D eigenvalue weighted by Gasteiger charge is 2.23. The molecule has 0 radical (unpaired) electrons. The highest BCUT2D eigenvalue weighted by molar-refractivity contribution is 7.26. The van der Waals surface area contributed by atoms with E-state index in [0.29, 0.717) is 0 Å². The summed E-state index contributed by atoms with van der Waals surface area (Å²) in [4.78, 5) is 2.50. The van der Waals surface area contributed by atoms with Gasteiger partial charge in [-0.05, 0) is 73.6 Å². The predicted molar refractivity (Wildman–Crippen MR) is 209 cm³/mol. The van der Waals surface area contributed by atoms with Crippen molar-refractivity contribution in [2.24, 2.45) is 0 Å². The number of hydrogen-bond acceptors (Lipinski definition) is 2. The monoisotopic (exact) mass is 627 g/mol. The average Bonchev–Trinajstić information content (AvgIpc) is 3.55. The van der Waals surface area contributed by atoms with E-state index in [-0.39, 0.29) is 0 Å². The number of rotatable bonds is 4. The molecule has 0 aliphatic heterocycles. The van der Waals surface area contributed by atoms with E-state index in [1.54, 1.807) is 0 Å². The summed E-state index contributed by atoms with van der Waals surface area (Å²) in [6.45, 7) is 0. The number of anilines is 3. The van der Waals surface area contributed by atoms with Crippen LogP contribution in [-0.4, -0.2) is 0 Å². The van der Waals surface area contributed by atoms with Gasteiger partial charge in [-0.2, -0.15) is 0 Å². The van der Waals surface area contributed by atoms with Crippen LogP contribution in [0.4, 0.5) is 17.1 Å². The van der Waals surface area contributed by atoms with Crippen LogP contribution in [-0.2, 0) is 0 Å². The third kappa shape index (κ3) is 4.17. The number of hydrogen-bond donors (Lipinski definition) is 0. The molecule has 0 aliphatic rings. The molecule has 0 aliphatic carbocycles. The van der Waals surface area contributed by atoms with E-state index in [1.165, 1.54) is 85.8 Å². The van der Waals surface area contributed by atoms with Crippen LogP contribution in [0.25, 0.3) is 74.4 Å². The van der Waals surface area contributed by atoms with Crippen LogP contribution in [0.2, 0.25) is 0 Å². The van der Waals surface area contributed by atoms with Crippen molar-refractivity contribution in [3.63, 3.8) is 0 Å². The Kier molecular flexibility index (Phi) is 6.12. The first kappa shape index (κ1) is 27.2. The van der Waals surface area contributed by atoms with Crippen LogP contribution in [0.15, 0.2) is 176 Å². The van der Waals surface area contributed by atoms with Gasteiger partial charge in [0.15, 0.2) is 0 Å². The van der Waals surface area contributed by atoms with E-state index in [4.69, 9.17) is 0 Å². The fourth-order valence-corrected chi connectivity index (χ4v) is 8.86. The summed E-state index contributed by atoms with van der Waals surface area (Å²) in [6, 6.07) is 64.6. The molecule has 1 heterocycles. The molecule has 0 atom stereocenters. The van der Waals surface area contributed by atoms with Gasteiger partial charge in [0, 0.05) is 36.8 Å². The molecular formula is C46H29NS. The molecule has 0 saturated carbocycles. The van der Waals surface area contributed by atoms with Gasteiger partial charge in [-0.15, -0.1) is 11.3 Å². The Morgan fingerprint density at radius 1 is 0.354 bits per heavy atom. The van der Waals surface area contributed by atoms with Crippen LogP contribution >= 0.6 is 11.3 Å². The SMILES string of the molecule is c1ccc2c(-c3ccc(N(c4ccc5ccc6ccccc6c5c4)c4cccc5ccccc45)c4c3sc3ccccc34)cccc2c1. The van der Waals surface area contributed by atoms with Crippen LogP contribution in [0.1, 0.15) is 0 Å². The summed E-state index contributed by atoms with van der Waals surface area (Å²) in [5.41, 5.74) is 6.04. The van der Waals surface area contributed by atoms with Crippen molar-refractivity contribution < 1.29 is 0 Å². The summed E-state index contributed by atoms with van der Waals surface area (Å²) in [5.74, 6) is 0. The summed E-state index contributed by atoms with van der Waals surface area (Å²) < 4.78 is 2.60.